The molecule has 3 fully saturated rings. The smallest absolute Gasteiger partial charge is 0.232 e. The van der Waals surface area contributed by atoms with Gasteiger partial charge in [-0.25, -0.2) is 0 Å². The molecule has 0 spiro atoms. The van der Waals surface area contributed by atoms with Crippen LogP contribution in [-0.2, 0) is 4.79 Å². The minimum absolute atomic E-state index is 0. The van der Waals surface area contributed by atoms with Gasteiger partial charge in [-0.1, -0.05) is 12.8 Å². The summed E-state index contributed by atoms with van der Waals surface area (Å²) in [6.07, 6.45) is 6.64. The first kappa shape index (κ1) is 20.1. The molecule has 0 bridgehead atoms. The number of carbonyl (C=O) groups is 1. The standard InChI is InChI=1S/C20H26N6O2.ClH/c1-28-17-8-7-15(10-16(17)26-18(13-5-6-13)23-24-25-26)22-19(27)20-9-3-2-4-14(20)11-21-12-20;/h7-8,10,13-14,21H,2-6,9,11-12H2,1H3,(H,22,27);1H/t14-,20+;/m0./s1. The molecule has 1 aromatic carbocycles. The number of halogens is 1. The van der Waals surface area contributed by atoms with Crippen molar-refractivity contribution in [3.05, 3.63) is 24.0 Å². The molecule has 2 N–H and O–H groups in total. The Morgan fingerprint density at radius 3 is 2.97 bits per heavy atom. The SMILES string of the molecule is COc1ccc(NC(=O)[C@@]23CCCC[C@H]2CNC3)cc1-n1nnnc1C1CC1.Cl. The predicted octanol–water partition coefficient (Wildman–Crippen LogP) is 2.69. The molecule has 1 aromatic heterocycles. The fraction of sp³-hybridized carbons (Fsp3) is 0.600. The summed E-state index contributed by atoms with van der Waals surface area (Å²) in [6, 6.07) is 5.67. The van der Waals surface area contributed by atoms with E-state index in [1.807, 2.05) is 18.2 Å². The second kappa shape index (κ2) is 7.91. The highest BCUT2D eigenvalue weighted by molar-refractivity contribution is 5.96. The lowest BCUT2D eigenvalue weighted by molar-refractivity contribution is -0.128. The Hall–Kier alpha value is -2.19. The number of ether oxygens (including phenoxy) is 1. The summed E-state index contributed by atoms with van der Waals surface area (Å²) in [5.41, 5.74) is 1.23. The molecular formula is C20H27ClN6O2. The third-order valence-electron chi connectivity index (χ3n) is 6.59. The largest absolute Gasteiger partial charge is 0.494 e. The molecule has 2 saturated carbocycles. The summed E-state index contributed by atoms with van der Waals surface area (Å²) in [5, 5.41) is 18.8. The summed E-state index contributed by atoms with van der Waals surface area (Å²) in [7, 11) is 1.63. The van der Waals surface area contributed by atoms with E-state index in [-0.39, 0.29) is 23.7 Å². The van der Waals surface area contributed by atoms with Crippen LogP contribution in [0.3, 0.4) is 0 Å². The number of hydrogen-bond donors (Lipinski definition) is 2. The first-order valence-corrected chi connectivity index (χ1v) is 10.2. The second-order valence-electron chi connectivity index (χ2n) is 8.29. The molecule has 156 valence electrons. The van der Waals surface area contributed by atoms with Gasteiger partial charge in [-0.05, 0) is 66.8 Å². The Kier molecular flexibility index (Phi) is 5.48. The molecule has 1 aliphatic heterocycles. The van der Waals surface area contributed by atoms with Crippen LogP contribution in [0.1, 0.15) is 50.3 Å². The number of rotatable bonds is 5. The van der Waals surface area contributed by atoms with Crippen LogP contribution in [0.25, 0.3) is 5.69 Å². The van der Waals surface area contributed by atoms with E-state index >= 15 is 0 Å². The number of nitrogens with one attached hydrogen (secondary N) is 2. The molecule has 0 radical (unpaired) electrons. The quantitative estimate of drug-likeness (QED) is 0.775. The van der Waals surface area contributed by atoms with E-state index in [1.165, 1.54) is 6.42 Å². The second-order valence-corrected chi connectivity index (χ2v) is 8.29. The first-order valence-electron chi connectivity index (χ1n) is 10.2. The van der Waals surface area contributed by atoms with Gasteiger partial charge in [0.1, 0.15) is 11.4 Å². The van der Waals surface area contributed by atoms with Crippen LogP contribution in [0, 0.1) is 11.3 Å². The van der Waals surface area contributed by atoms with Crippen LogP contribution >= 0.6 is 12.4 Å². The van der Waals surface area contributed by atoms with Gasteiger partial charge in [0.2, 0.25) is 5.91 Å². The van der Waals surface area contributed by atoms with Crippen LogP contribution in [0.2, 0.25) is 0 Å². The van der Waals surface area contributed by atoms with Gasteiger partial charge in [-0.2, -0.15) is 4.68 Å². The van der Waals surface area contributed by atoms with E-state index in [0.717, 1.165) is 62.4 Å². The average Bonchev–Trinajstić information content (AvgIpc) is 3.28. The molecule has 2 atom stereocenters. The number of tetrazole rings is 1. The van der Waals surface area contributed by atoms with Gasteiger partial charge in [-0.3, -0.25) is 4.79 Å². The number of hydrogen-bond acceptors (Lipinski definition) is 6. The lowest BCUT2D eigenvalue weighted by Crippen LogP contribution is -2.44. The van der Waals surface area contributed by atoms with Crippen LogP contribution in [0.15, 0.2) is 18.2 Å². The van der Waals surface area contributed by atoms with Crippen molar-refractivity contribution in [2.75, 3.05) is 25.5 Å². The highest BCUT2D eigenvalue weighted by Gasteiger charge is 2.49. The van der Waals surface area contributed by atoms with Gasteiger partial charge in [0, 0.05) is 18.2 Å². The average molecular weight is 419 g/mol. The van der Waals surface area contributed by atoms with Crippen LogP contribution < -0.4 is 15.4 Å². The summed E-state index contributed by atoms with van der Waals surface area (Å²) in [4.78, 5) is 13.3. The van der Waals surface area contributed by atoms with Crippen LogP contribution in [-0.4, -0.2) is 46.3 Å². The Morgan fingerprint density at radius 2 is 2.17 bits per heavy atom. The molecule has 8 nitrogen and oxygen atoms in total. The normalized spacial score (nSPS) is 25.8. The molecule has 1 saturated heterocycles. The van der Waals surface area contributed by atoms with E-state index in [4.69, 9.17) is 4.74 Å². The molecule has 2 aromatic rings. The molecule has 9 heteroatoms. The zero-order chi connectivity index (χ0) is 19.1. The fourth-order valence-electron chi connectivity index (χ4n) is 4.84. The van der Waals surface area contributed by atoms with Crippen molar-refractivity contribution < 1.29 is 9.53 Å². The van der Waals surface area contributed by atoms with Crippen molar-refractivity contribution in [1.82, 2.24) is 25.5 Å². The summed E-state index contributed by atoms with van der Waals surface area (Å²) < 4.78 is 7.27. The Morgan fingerprint density at radius 1 is 1.31 bits per heavy atom. The number of methoxy groups -OCH3 is 1. The van der Waals surface area contributed by atoms with E-state index in [2.05, 4.69) is 26.2 Å². The highest BCUT2D eigenvalue weighted by Crippen LogP contribution is 2.45. The van der Waals surface area contributed by atoms with Gasteiger partial charge in [0.25, 0.3) is 0 Å². The third kappa shape index (κ3) is 3.48. The zero-order valence-corrected chi connectivity index (χ0v) is 17.4. The molecule has 0 unspecified atom stereocenters. The number of amides is 1. The first-order chi connectivity index (χ1) is 13.7. The number of nitrogens with zero attached hydrogens (tertiary/aromatic N) is 4. The molecule has 1 amide bonds. The minimum Gasteiger partial charge on any atom is -0.494 e. The van der Waals surface area contributed by atoms with E-state index in [0.29, 0.717) is 17.6 Å². The summed E-state index contributed by atoms with van der Waals surface area (Å²) in [6.45, 7) is 1.71. The molecule has 3 aliphatic rings. The maximum atomic E-state index is 13.3. The van der Waals surface area contributed by atoms with Crippen molar-refractivity contribution in [3.8, 4) is 11.4 Å². The van der Waals surface area contributed by atoms with Crippen molar-refractivity contribution in [2.45, 2.75) is 44.4 Å². The van der Waals surface area contributed by atoms with Gasteiger partial charge < -0.3 is 15.4 Å². The number of fused-ring (bicyclic) bond motifs is 1. The van der Waals surface area contributed by atoms with Crippen LogP contribution in [0.4, 0.5) is 5.69 Å². The Bertz CT molecular complexity index is 899. The van der Waals surface area contributed by atoms with Crippen molar-refractivity contribution in [1.29, 1.82) is 0 Å². The van der Waals surface area contributed by atoms with Crippen molar-refractivity contribution in [2.24, 2.45) is 11.3 Å². The van der Waals surface area contributed by atoms with Crippen LogP contribution in [0.5, 0.6) is 5.75 Å². The highest BCUT2D eigenvalue weighted by atomic mass is 35.5. The van der Waals surface area contributed by atoms with E-state index < -0.39 is 0 Å². The van der Waals surface area contributed by atoms with Gasteiger partial charge in [0.05, 0.1) is 12.5 Å². The third-order valence-corrected chi connectivity index (χ3v) is 6.59. The number of benzene rings is 1. The van der Waals surface area contributed by atoms with E-state index in [1.54, 1.807) is 11.8 Å². The number of aromatic nitrogens is 4. The lowest BCUT2D eigenvalue weighted by atomic mass is 9.67. The maximum Gasteiger partial charge on any atom is 0.232 e. The Labute approximate surface area is 176 Å². The molecule has 2 aliphatic carbocycles. The fourth-order valence-corrected chi connectivity index (χ4v) is 4.84. The lowest BCUT2D eigenvalue weighted by Gasteiger charge is -2.37. The van der Waals surface area contributed by atoms with Gasteiger partial charge in [-0.15, -0.1) is 17.5 Å². The molecule has 5 rings (SSSR count). The zero-order valence-electron chi connectivity index (χ0n) is 16.6. The van der Waals surface area contributed by atoms with Crippen molar-refractivity contribution >= 4 is 24.0 Å². The van der Waals surface area contributed by atoms with Gasteiger partial charge >= 0.3 is 0 Å². The maximum absolute atomic E-state index is 13.3. The number of carbonyl (C=O) groups excluding carboxylic acids is 1. The Balaban J connectivity index is 0.00000205. The molecule has 29 heavy (non-hydrogen) atoms. The molecular weight excluding hydrogens is 392 g/mol. The van der Waals surface area contributed by atoms with Crippen molar-refractivity contribution in [3.63, 3.8) is 0 Å². The van der Waals surface area contributed by atoms with E-state index in [9.17, 15) is 4.79 Å². The molecule has 2 heterocycles. The van der Waals surface area contributed by atoms with Gasteiger partial charge in [0.15, 0.2) is 5.82 Å². The predicted molar refractivity (Wildman–Crippen MR) is 111 cm³/mol. The summed E-state index contributed by atoms with van der Waals surface area (Å²) >= 11 is 0. The topological polar surface area (TPSA) is 94.0 Å². The summed E-state index contributed by atoms with van der Waals surface area (Å²) in [5.74, 6) is 2.50. The monoisotopic (exact) mass is 418 g/mol. The minimum atomic E-state index is -0.285. The number of anilines is 1.